The first-order chi connectivity index (χ1) is 24.1. The first-order valence-corrected chi connectivity index (χ1v) is 16.9. The molecular formula is C34H41ClF6N4O6. The standard InChI is InChI=1S/C30H41ClN4O4.C4F6O2/c31-24-7-5-6-22(20-24)12-15-32-17-14-28(38)35(25-8-3-1-2-4-9-25)19-18-33-16-13-23-10-11-26(36)29-30(23)39-21-27(37)34-29;5-3(6,7)1(11)2(12)4(8,9)10/h5-7,10-11,20,25,32-33,36H,1-4,8-9,12-19,21H2,(H,34,37);. The molecule has 4 N–H and O–H groups in total. The van der Waals surface area contributed by atoms with E-state index in [0.29, 0.717) is 56.5 Å². The van der Waals surface area contributed by atoms with E-state index in [4.69, 9.17) is 16.3 Å². The van der Waals surface area contributed by atoms with Gasteiger partial charge < -0.3 is 30.7 Å². The average molecular weight is 751 g/mol. The van der Waals surface area contributed by atoms with E-state index in [9.17, 15) is 50.6 Å². The lowest BCUT2D eigenvalue weighted by molar-refractivity contribution is -0.193. The van der Waals surface area contributed by atoms with Crippen LogP contribution in [0.3, 0.4) is 0 Å². The van der Waals surface area contributed by atoms with Gasteiger partial charge in [0.25, 0.3) is 5.91 Å². The van der Waals surface area contributed by atoms with Crippen molar-refractivity contribution in [3.63, 3.8) is 0 Å². The second-order valence-corrected chi connectivity index (χ2v) is 12.5. The van der Waals surface area contributed by atoms with Gasteiger partial charge in [0.05, 0.1) is 0 Å². The number of rotatable bonds is 14. The van der Waals surface area contributed by atoms with Crippen LogP contribution in [0.25, 0.3) is 0 Å². The predicted molar refractivity (Wildman–Crippen MR) is 177 cm³/mol. The molecule has 1 saturated carbocycles. The number of phenols is 1. The summed E-state index contributed by atoms with van der Waals surface area (Å²) in [4.78, 5) is 46.3. The van der Waals surface area contributed by atoms with E-state index in [2.05, 4.69) is 26.9 Å². The molecule has 0 saturated heterocycles. The molecule has 2 aromatic rings. The van der Waals surface area contributed by atoms with Crippen LogP contribution in [-0.2, 0) is 32.0 Å². The van der Waals surface area contributed by atoms with Crippen LogP contribution in [0.4, 0.5) is 32.0 Å². The van der Waals surface area contributed by atoms with E-state index in [0.717, 1.165) is 36.4 Å². The van der Waals surface area contributed by atoms with Crippen LogP contribution < -0.4 is 20.7 Å². The molecule has 282 valence electrons. The molecule has 2 amide bonds. The van der Waals surface area contributed by atoms with Gasteiger partial charge >= 0.3 is 23.9 Å². The van der Waals surface area contributed by atoms with Gasteiger partial charge in [0.1, 0.15) is 11.4 Å². The number of hydrogen-bond acceptors (Lipinski definition) is 8. The molecule has 4 rings (SSSR count). The molecule has 51 heavy (non-hydrogen) atoms. The van der Waals surface area contributed by atoms with Crippen molar-refractivity contribution in [1.82, 2.24) is 15.5 Å². The van der Waals surface area contributed by atoms with Gasteiger partial charge in [-0.1, -0.05) is 55.5 Å². The summed E-state index contributed by atoms with van der Waals surface area (Å²) >= 11 is 6.07. The second-order valence-electron chi connectivity index (χ2n) is 12.1. The number of benzene rings is 2. The van der Waals surface area contributed by atoms with Crippen LogP contribution in [0, 0.1) is 0 Å². The molecule has 0 spiro atoms. The number of carbonyl (C=O) groups is 4. The van der Waals surface area contributed by atoms with Gasteiger partial charge in [-0.25, -0.2) is 0 Å². The summed E-state index contributed by atoms with van der Waals surface area (Å²) in [6.45, 7) is 3.52. The smallest absolute Gasteiger partial charge is 0.458 e. The predicted octanol–water partition coefficient (Wildman–Crippen LogP) is 5.53. The summed E-state index contributed by atoms with van der Waals surface area (Å²) in [6.07, 6.45) is -2.45. The number of fused-ring (bicyclic) bond motifs is 1. The molecule has 2 aromatic carbocycles. The van der Waals surface area contributed by atoms with E-state index in [1.807, 2.05) is 24.3 Å². The topological polar surface area (TPSA) is 137 Å². The zero-order chi connectivity index (χ0) is 37.6. The lowest BCUT2D eigenvalue weighted by Crippen LogP contribution is -2.45. The minimum atomic E-state index is -5.77. The SMILES string of the molecule is O=C(C(=O)C(F)(F)F)C(F)(F)F.O=C1COc2c(CCNCCN(C(=O)CCNCCc3cccc(Cl)c3)C3CCCCCC3)ccc(O)c2N1. The number of hydrogen-bond donors (Lipinski definition) is 4. The minimum Gasteiger partial charge on any atom is -0.506 e. The highest BCUT2D eigenvalue weighted by Crippen LogP contribution is 2.39. The quantitative estimate of drug-likeness (QED) is 0.0651. The van der Waals surface area contributed by atoms with E-state index in [1.54, 1.807) is 6.07 Å². The van der Waals surface area contributed by atoms with Crippen molar-refractivity contribution in [3.05, 3.63) is 52.5 Å². The number of nitrogens with zero attached hydrogens (tertiary/aromatic N) is 1. The van der Waals surface area contributed by atoms with E-state index in [-0.39, 0.29) is 24.2 Å². The number of carbonyl (C=O) groups excluding carboxylic acids is 4. The summed E-state index contributed by atoms with van der Waals surface area (Å²) in [6, 6.07) is 11.6. The molecule has 0 bridgehead atoms. The van der Waals surface area contributed by atoms with Gasteiger partial charge in [-0.05, 0) is 68.1 Å². The number of aromatic hydroxyl groups is 1. The number of ketones is 2. The van der Waals surface area contributed by atoms with Crippen molar-refractivity contribution in [3.8, 4) is 11.5 Å². The Labute approximate surface area is 296 Å². The highest BCUT2D eigenvalue weighted by molar-refractivity contribution is 6.41. The first kappa shape index (κ1) is 41.5. The molecule has 0 radical (unpaired) electrons. The third-order valence-electron chi connectivity index (χ3n) is 8.23. The Hall–Kier alpha value is -3.89. The first-order valence-electron chi connectivity index (χ1n) is 16.5. The second kappa shape index (κ2) is 19.6. The Morgan fingerprint density at radius 2 is 1.51 bits per heavy atom. The molecule has 1 fully saturated rings. The largest absolute Gasteiger partial charge is 0.506 e. The van der Waals surface area contributed by atoms with Crippen LogP contribution >= 0.6 is 11.6 Å². The Bertz CT molecular complexity index is 1470. The maximum atomic E-state index is 13.3. The van der Waals surface area contributed by atoms with Gasteiger partial charge in [0.15, 0.2) is 12.4 Å². The van der Waals surface area contributed by atoms with Crippen LogP contribution in [0.2, 0.25) is 5.02 Å². The van der Waals surface area contributed by atoms with Crippen molar-refractivity contribution in [2.24, 2.45) is 0 Å². The zero-order valence-corrected chi connectivity index (χ0v) is 28.5. The Kier molecular flexibility index (Phi) is 16.0. The fourth-order valence-corrected chi connectivity index (χ4v) is 5.90. The van der Waals surface area contributed by atoms with Gasteiger partial charge in [-0.3, -0.25) is 19.2 Å². The molecule has 1 aliphatic heterocycles. The zero-order valence-electron chi connectivity index (χ0n) is 27.7. The number of alkyl halides is 6. The molecule has 0 aromatic heterocycles. The van der Waals surface area contributed by atoms with Crippen LogP contribution in [0.1, 0.15) is 56.1 Å². The molecular weight excluding hydrogens is 710 g/mol. The Morgan fingerprint density at radius 3 is 2.14 bits per heavy atom. The lowest BCUT2D eigenvalue weighted by Gasteiger charge is -2.32. The number of amides is 2. The maximum Gasteiger partial charge on any atom is 0.458 e. The van der Waals surface area contributed by atoms with Gasteiger partial charge in [-0.2, -0.15) is 26.3 Å². The fraction of sp³-hybridized carbons (Fsp3) is 0.529. The fourth-order valence-electron chi connectivity index (χ4n) is 5.69. The molecule has 10 nitrogen and oxygen atoms in total. The third kappa shape index (κ3) is 13.6. The molecule has 17 heteroatoms. The molecule has 1 aliphatic carbocycles. The summed E-state index contributed by atoms with van der Waals surface area (Å²) in [7, 11) is 0. The van der Waals surface area contributed by atoms with Crippen molar-refractivity contribution in [2.75, 3.05) is 44.6 Å². The van der Waals surface area contributed by atoms with E-state index >= 15 is 0 Å². The number of ether oxygens (including phenoxy) is 1. The number of anilines is 1. The van der Waals surface area contributed by atoms with Gasteiger partial charge in [0.2, 0.25) is 5.91 Å². The summed E-state index contributed by atoms with van der Waals surface area (Å²) in [5.41, 5.74) is 2.46. The summed E-state index contributed by atoms with van der Waals surface area (Å²) in [5.74, 6) is -6.32. The average Bonchev–Trinajstić information content (AvgIpc) is 3.35. The molecule has 1 heterocycles. The van der Waals surface area contributed by atoms with Gasteiger partial charge in [0, 0.05) is 37.1 Å². The van der Waals surface area contributed by atoms with Crippen LogP contribution in [0.15, 0.2) is 36.4 Å². The maximum absolute atomic E-state index is 13.3. The highest BCUT2D eigenvalue weighted by Gasteiger charge is 2.54. The third-order valence-corrected chi connectivity index (χ3v) is 8.47. The van der Waals surface area contributed by atoms with Crippen molar-refractivity contribution in [2.45, 2.75) is 76.2 Å². The summed E-state index contributed by atoms with van der Waals surface area (Å²) in [5, 5.41) is 20.4. The summed E-state index contributed by atoms with van der Waals surface area (Å²) < 4.78 is 72.5. The van der Waals surface area contributed by atoms with Crippen molar-refractivity contribution >= 4 is 40.7 Å². The van der Waals surface area contributed by atoms with Crippen LogP contribution in [0.5, 0.6) is 11.5 Å². The lowest BCUT2D eigenvalue weighted by atomic mass is 10.1. The number of Topliss-reactive ketones (excluding diaryl/α,β-unsaturated/α-hetero) is 2. The Morgan fingerprint density at radius 1 is 0.882 bits per heavy atom. The van der Waals surface area contributed by atoms with E-state index < -0.39 is 23.9 Å². The van der Waals surface area contributed by atoms with Crippen LogP contribution in [-0.4, -0.2) is 91.1 Å². The number of nitrogens with one attached hydrogen (secondary N) is 3. The van der Waals surface area contributed by atoms with E-state index in [1.165, 1.54) is 31.2 Å². The Balaban J connectivity index is 0.000000501. The number of halogens is 7. The molecule has 2 aliphatic rings. The highest BCUT2D eigenvalue weighted by atomic mass is 35.5. The molecule has 0 unspecified atom stereocenters. The van der Waals surface area contributed by atoms with Crippen molar-refractivity contribution in [1.29, 1.82) is 0 Å². The number of phenolic OH excluding ortho intramolecular Hbond substituents is 1. The normalized spacial score (nSPS) is 15.0. The monoisotopic (exact) mass is 750 g/mol. The van der Waals surface area contributed by atoms with Crippen molar-refractivity contribution < 1.29 is 55.4 Å². The minimum absolute atomic E-state index is 0.00580. The van der Waals surface area contributed by atoms with Gasteiger partial charge in [-0.15, -0.1) is 0 Å². The molecule has 0 atom stereocenters.